The molecule has 0 bridgehead atoms. The van der Waals surface area contributed by atoms with Crippen molar-refractivity contribution in [2.24, 2.45) is 0 Å². The Morgan fingerprint density at radius 2 is 1.73 bits per heavy atom. The Kier molecular flexibility index (Phi) is 11.5. The van der Waals surface area contributed by atoms with E-state index < -0.39 is 16.1 Å². The van der Waals surface area contributed by atoms with E-state index in [9.17, 15) is 18.0 Å². The number of nitrogens with zero attached hydrogens (tertiary/aromatic N) is 2. The topological polar surface area (TPSA) is 96.0 Å². The maximum Gasteiger partial charge on any atom is 0.243 e. The molecule has 0 aromatic heterocycles. The van der Waals surface area contributed by atoms with Gasteiger partial charge in [-0.15, -0.1) is 0 Å². The molecule has 1 atom stereocenters. The summed E-state index contributed by atoms with van der Waals surface area (Å²) in [5, 5.41) is 3.47. The van der Waals surface area contributed by atoms with E-state index in [2.05, 4.69) is 5.32 Å². The van der Waals surface area contributed by atoms with Gasteiger partial charge in [0.2, 0.25) is 21.8 Å². The lowest BCUT2D eigenvalue weighted by Crippen LogP contribution is -2.50. The van der Waals surface area contributed by atoms with Crippen LogP contribution in [0.4, 0.5) is 5.69 Å². The number of hydrogen-bond acceptors (Lipinski definition) is 5. The van der Waals surface area contributed by atoms with Crippen molar-refractivity contribution >= 4 is 50.7 Å². The summed E-state index contributed by atoms with van der Waals surface area (Å²) in [6, 6.07) is 11.1. The van der Waals surface area contributed by atoms with E-state index in [1.807, 2.05) is 32.9 Å². The Labute approximate surface area is 229 Å². The molecule has 37 heavy (non-hydrogen) atoms. The molecule has 0 fully saturated rings. The lowest BCUT2D eigenvalue weighted by molar-refractivity contribution is -0.141. The second kappa shape index (κ2) is 13.9. The summed E-state index contributed by atoms with van der Waals surface area (Å²) in [5.41, 5.74) is 1.09. The molecule has 0 spiro atoms. The van der Waals surface area contributed by atoms with Crippen molar-refractivity contribution in [3.8, 4) is 5.75 Å². The fraction of sp³-hybridized carbons (Fsp3) is 0.462. The number of amides is 2. The van der Waals surface area contributed by atoms with Crippen LogP contribution in [-0.4, -0.2) is 57.1 Å². The maximum atomic E-state index is 13.5. The second-order valence-electron chi connectivity index (χ2n) is 8.99. The molecule has 0 heterocycles. The fourth-order valence-electron chi connectivity index (χ4n) is 3.89. The van der Waals surface area contributed by atoms with Gasteiger partial charge in [0.05, 0.1) is 24.1 Å². The predicted molar refractivity (Wildman–Crippen MR) is 149 cm³/mol. The van der Waals surface area contributed by atoms with E-state index in [0.717, 1.165) is 16.1 Å². The summed E-state index contributed by atoms with van der Waals surface area (Å²) in [6.07, 6.45) is 1.75. The molecule has 204 valence electrons. The molecule has 11 heteroatoms. The number of nitrogens with one attached hydrogen (secondary N) is 1. The van der Waals surface area contributed by atoms with Crippen LogP contribution >= 0.6 is 23.2 Å². The molecule has 2 rings (SSSR count). The van der Waals surface area contributed by atoms with Crippen LogP contribution in [0.5, 0.6) is 5.75 Å². The Morgan fingerprint density at radius 1 is 1.08 bits per heavy atom. The zero-order valence-electron chi connectivity index (χ0n) is 21.8. The summed E-state index contributed by atoms with van der Waals surface area (Å²) >= 11 is 12.3. The highest BCUT2D eigenvalue weighted by atomic mass is 35.5. The van der Waals surface area contributed by atoms with E-state index in [1.165, 1.54) is 12.1 Å². The van der Waals surface area contributed by atoms with Crippen molar-refractivity contribution in [2.75, 3.05) is 24.2 Å². The Hall–Kier alpha value is -2.49. The minimum Gasteiger partial charge on any atom is -0.497 e. The van der Waals surface area contributed by atoms with Gasteiger partial charge >= 0.3 is 0 Å². The van der Waals surface area contributed by atoms with E-state index in [1.54, 1.807) is 30.2 Å². The highest BCUT2D eigenvalue weighted by molar-refractivity contribution is 7.92. The largest absolute Gasteiger partial charge is 0.497 e. The van der Waals surface area contributed by atoms with Crippen LogP contribution in [-0.2, 0) is 26.2 Å². The number of carbonyl (C=O) groups excluding carboxylic acids is 2. The van der Waals surface area contributed by atoms with Crippen LogP contribution in [0.25, 0.3) is 0 Å². The van der Waals surface area contributed by atoms with Crippen LogP contribution in [0, 0.1) is 0 Å². The second-order valence-corrected chi connectivity index (χ2v) is 11.7. The van der Waals surface area contributed by atoms with Gasteiger partial charge in [-0.05, 0) is 62.6 Å². The molecule has 0 radical (unpaired) electrons. The lowest BCUT2D eigenvalue weighted by atomic mass is 10.1. The van der Waals surface area contributed by atoms with Gasteiger partial charge in [0.1, 0.15) is 11.8 Å². The van der Waals surface area contributed by atoms with Crippen LogP contribution in [0.3, 0.4) is 0 Å². The minimum absolute atomic E-state index is 0.0238. The molecule has 0 aliphatic carbocycles. The first kappa shape index (κ1) is 30.7. The number of methoxy groups -OCH3 is 1. The van der Waals surface area contributed by atoms with Crippen molar-refractivity contribution in [1.29, 1.82) is 0 Å². The number of rotatable bonds is 13. The first-order valence-electron chi connectivity index (χ1n) is 12.0. The van der Waals surface area contributed by atoms with Gasteiger partial charge in [0.25, 0.3) is 0 Å². The average Bonchev–Trinajstić information content (AvgIpc) is 2.82. The number of sulfonamides is 1. The normalized spacial score (nSPS) is 12.2. The fourth-order valence-corrected chi connectivity index (χ4v) is 5.29. The molecule has 8 nitrogen and oxygen atoms in total. The third-order valence-corrected chi connectivity index (χ3v) is 7.39. The van der Waals surface area contributed by atoms with Gasteiger partial charge in [-0.2, -0.15) is 0 Å². The third kappa shape index (κ3) is 9.09. The number of ether oxygens (including phenoxy) is 1. The maximum absolute atomic E-state index is 13.5. The Bertz CT molecular complexity index is 1170. The summed E-state index contributed by atoms with van der Waals surface area (Å²) in [6.45, 7) is 5.83. The van der Waals surface area contributed by atoms with Gasteiger partial charge in [0, 0.05) is 30.6 Å². The molecule has 0 saturated carbocycles. The molecule has 2 aromatic rings. The number of hydrogen-bond donors (Lipinski definition) is 1. The summed E-state index contributed by atoms with van der Waals surface area (Å²) in [4.78, 5) is 28.0. The van der Waals surface area contributed by atoms with E-state index in [0.29, 0.717) is 17.2 Å². The molecule has 0 saturated heterocycles. The Morgan fingerprint density at radius 3 is 2.27 bits per heavy atom. The summed E-state index contributed by atoms with van der Waals surface area (Å²) in [7, 11) is -2.12. The minimum atomic E-state index is -3.69. The van der Waals surface area contributed by atoms with Crippen LogP contribution in [0.1, 0.15) is 45.6 Å². The lowest BCUT2D eigenvalue weighted by Gasteiger charge is -2.31. The molecular formula is C26H35Cl2N3O5S. The van der Waals surface area contributed by atoms with Gasteiger partial charge in [-0.1, -0.05) is 42.3 Å². The quantitative estimate of drug-likeness (QED) is 0.369. The smallest absolute Gasteiger partial charge is 0.243 e. The number of halogens is 2. The molecule has 0 aliphatic heterocycles. The number of anilines is 1. The van der Waals surface area contributed by atoms with Gasteiger partial charge < -0.3 is 15.0 Å². The zero-order valence-corrected chi connectivity index (χ0v) is 24.2. The SMILES string of the molecule is CC[C@H](C(=O)NC(C)C)N(Cc1ccc(OC)cc1)C(=O)CCCN(c1cc(Cl)ccc1Cl)S(C)(=O)=O. The van der Waals surface area contributed by atoms with Gasteiger partial charge in [-0.25, -0.2) is 8.42 Å². The standard InChI is InChI=1S/C26H35Cl2N3O5S/c1-6-23(26(33)29-18(2)3)30(17-19-9-12-21(36-4)13-10-19)25(32)8-7-15-31(37(5,34)35)24-16-20(27)11-14-22(24)28/h9-14,16,18,23H,6-8,15,17H2,1-5H3,(H,29,33)/t23-/m1/s1. The number of benzene rings is 2. The summed E-state index contributed by atoms with van der Waals surface area (Å²) in [5.74, 6) is 0.196. The van der Waals surface area contributed by atoms with E-state index in [-0.39, 0.29) is 54.5 Å². The van der Waals surface area contributed by atoms with Gasteiger partial charge in [0.15, 0.2) is 0 Å². The average molecular weight is 573 g/mol. The van der Waals surface area contributed by atoms with Crippen LogP contribution < -0.4 is 14.4 Å². The van der Waals surface area contributed by atoms with Crippen molar-refractivity contribution in [1.82, 2.24) is 10.2 Å². The van der Waals surface area contributed by atoms with Crippen LogP contribution in [0.2, 0.25) is 10.0 Å². The van der Waals surface area contributed by atoms with Crippen molar-refractivity contribution in [3.05, 3.63) is 58.1 Å². The first-order chi connectivity index (χ1) is 17.4. The third-order valence-electron chi connectivity index (χ3n) is 5.66. The monoisotopic (exact) mass is 571 g/mol. The van der Waals surface area contributed by atoms with E-state index in [4.69, 9.17) is 27.9 Å². The first-order valence-corrected chi connectivity index (χ1v) is 14.6. The van der Waals surface area contributed by atoms with E-state index >= 15 is 0 Å². The van der Waals surface area contributed by atoms with Crippen molar-refractivity contribution in [2.45, 2.75) is 58.7 Å². The highest BCUT2D eigenvalue weighted by Gasteiger charge is 2.29. The molecule has 1 N–H and O–H groups in total. The van der Waals surface area contributed by atoms with Crippen LogP contribution in [0.15, 0.2) is 42.5 Å². The molecule has 2 aromatic carbocycles. The van der Waals surface area contributed by atoms with Crippen molar-refractivity contribution in [3.63, 3.8) is 0 Å². The predicted octanol–water partition coefficient (Wildman–Crippen LogP) is 4.88. The molecular weight excluding hydrogens is 537 g/mol. The summed E-state index contributed by atoms with van der Waals surface area (Å²) < 4.78 is 31.4. The highest BCUT2D eigenvalue weighted by Crippen LogP contribution is 2.31. The zero-order chi connectivity index (χ0) is 27.8. The Balaban J connectivity index is 2.25. The molecule has 0 aliphatic rings. The molecule has 0 unspecified atom stereocenters. The van der Waals surface area contributed by atoms with Gasteiger partial charge in [-0.3, -0.25) is 13.9 Å². The number of carbonyl (C=O) groups is 2. The van der Waals surface area contributed by atoms with Crippen molar-refractivity contribution < 1.29 is 22.7 Å². The molecule has 2 amide bonds.